The molecular weight excluding hydrogens is 371 g/mol. The van der Waals surface area contributed by atoms with Crippen molar-refractivity contribution in [1.29, 1.82) is 0 Å². The largest absolute Gasteiger partial charge is 0.449 e. The minimum Gasteiger partial charge on any atom is -0.449 e. The van der Waals surface area contributed by atoms with Crippen molar-refractivity contribution in [2.45, 2.75) is 17.9 Å². The number of halogens is 1. The molecule has 2 aromatic rings. The molecule has 0 aliphatic rings. The second kappa shape index (κ2) is 9.72. The highest BCUT2D eigenvalue weighted by molar-refractivity contribution is 8.00. The number of likely N-dealkylation sites (N-methyl/N-ethyl adjacent to an activating group) is 1. The van der Waals surface area contributed by atoms with Gasteiger partial charge in [0.2, 0.25) is 5.91 Å². The Labute approximate surface area is 160 Å². The second-order valence-electron chi connectivity index (χ2n) is 5.50. The van der Waals surface area contributed by atoms with Gasteiger partial charge >= 0.3 is 5.97 Å². The SMILES string of the molecule is CNC(=O)[C@@H](C)OC(=O)c1ccccc1SCC(=O)Nc1ccc(F)cc1. The van der Waals surface area contributed by atoms with E-state index in [0.717, 1.165) is 11.8 Å². The summed E-state index contributed by atoms with van der Waals surface area (Å²) in [5.74, 6) is -1.69. The molecule has 6 nitrogen and oxygen atoms in total. The molecule has 0 fully saturated rings. The number of carbonyl (C=O) groups is 3. The van der Waals surface area contributed by atoms with E-state index < -0.39 is 18.0 Å². The molecule has 27 heavy (non-hydrogen) atoms. The van der Waals surface area contributed by atoms with E-state index in [1.54, 1.807) is 24.3 Å². The Morgan fingerprint density at radius 3 is 2.44 bits per heavy atom. The molecule has 0 aliphatic carbocycles. The van der Waals surface area contributed by atoms with Gasteiger partial charge in [-0.2, -0.15) is 0 Å². The van der Waals surface area contributed by atoms with Crippen LogP contribution in [0.4, 0.5) is 10.1 Å². The number of ether oxygens (including phenoxy) is 1. The van der Waals surface area contributed by atoms with E-state index in [4.69, 9.17) is 4.74 Å². The summed E-state index contributed by atoms with van der Waals surface area (Å²) >= 11 is 1.16. The van der Waals surface area contributed by atoms with Crippen LogP contribution in [0.5, 0.6) is 0 Å². The molecule has 2 N–H and O–H groups in total. The molecule has 0 saturated heterocycles. The topological polar surface area (TPSA) is 84.5 Å². The van der Waals surface area contributed by atoms with Crippen molar-refractivity contribution in [3.8, 4) is 0 Å². The minimum atomic E-state index is -0.928. The summed E-state index contributed by atoms with van der Waals surface area (Å²) in [5, 5.41) is 5.05. The molecule has 0 unspecified atom stereocenters. The van der Waals surface area contributed by atoms with E-state index in [2.05, 4.69) is 10.6 Å². The van der Waals surface area contributed by atoms with E-state index in [9.17, 15) is 18.8 Å². The van der Waals surface area contributed by atoms with Gasteiger partial charge in [0.15, 0.2) is 6.10 Å². The number of nitrogens with one attached hydrogen (secondary N) is 2. The highest BCUT2D eigenvalue weighted by Crippen LogP contribution is 2.24. The monoisotopic (exact) mass is 390 g/mol. The molecule has 0 heterocycles. The van der Waals surface area contributed by atoms with Crippen LogP contribution in [0.2, 0.25) is 0 Å². The van der Waals surface area contributed by atoms with Crippen molar-refractivity contribution in [2.75, 3.05) is 18.1 Å². The summed E-state index contributed by atoms with van der Waals surface area (Å²) in [6.45, 7) is 1.47. The molecule has 0 radical (unpaired) electrons. The first-order valence-electron chi connectivity index (χ1n) is 8.10. The van der Waals surface area contributed by atoms with Crippen molar-refractivity contribution < 1.29 is 23.5 Å². The first-order chi connectivity index (χ1) is 12.9. The fourth-order valence-electron chi connectivity index (χ4n) is 2.12. The predicted molar refractivity (Wildman–Crippen MR) is 101 cm³/mol. The number of benzene rings is 2. The molecule has 1 atom stereocenters. The highest BCUT2D eigenvalue weighted by Gasteiger charge is 2.20. The van der Waals surface area contributed by atoms with Gasteiger partial charge < -0.3 is 15.4 Å². The van der Waals surface area contributed by atoms with Crippen LogP contribution in [0.15, 0.2) is 53.4 Å². The normalized spacial score (nSPS) is 11.4. The first-order valence-corrected chi connectivity index (χ1v) is 9.09. The Balaban J connectivity index is 1.98. The number of hydrogen-bond acceptors (Lipinski definition) is 5. The quantitative estimate of drug-likeness (QED) is 0.561. The molecule has 0 aliphatic heterocycles. The summed E-state index contributed by atoms with van der Waals surface area (Å²) in [4.78, 5) is 36.4. The van der Waals surface area contributed by atoms with Gasteiger partial charge in [0.1, 0.15) is 5.82 Å². The highest BCUT2D eigenvalue weighted by atomic mass is 32.2. The smallest absolute Gasteiger partial charge is 0.340 e. The van der Waals surface area contributed by atoms with Gasteiger partial charge in [-0.1, -0.05) is 12.1 Å². The van der Waals surface area contributed by atoms with Crippen LogP contribution in [-0.4, -0.2) is 36.7 Å². The lowest BCUT2D eigenvalue weighted by Gasteiger charge is -2.13. The standard InChI is InChI=1S/C19H19FN2O4S/c1-12(18(24)21-2)26-19(25)15-5-3-4-6-16(15)27-11-17(23)22-14-9-7-13(20)8-10-14/h3-10,12H,11H2,1-2H3,(H,21,24)(H,22,23)/t12-/m1/s1. The lowest BCUT2D eigenvalue weighted by Crippen LogP contribution is -2.33. The van der Waals surface area contributed by atoms with Crippen molar-refractivity contribution >= 4 is 35.2 Å². The third kappa shape index (κ3) is 6.10. The third-order valence-corrected chi connectivity index (χ3v) is 4.57. The van der Waals surface area contributed by atoms with E-state index in [0.29, 0.717) is 10.6 Å². The van der Waals surface area contributed by atoms with Crippen molar-refractivity contribution in [2.24, 2.45) is 0 Å². The zero-order valence-corrected chi connectivity index (χ0v) is 15.6. The van der Waals surface area contributed by atoms with Gasteiger partial charge in [-0.3, -0.25) is 9.59 Å². The van der Waals surface area contributed by atoms with Gasteiger partial charge in [-0.15, -0.1) is 11.8 Å². The van der Waals surface area contributed by atoms with E-state index >= 15 is 0 Å². The van der Waals surface area contributed by atoms with Crippen LogP contribution in [0.25, 0.3) is 0 Å². The molecule has 8 heteroatoms. The summed E-state index contributed by atoms with van der Waals surface area (Å²) in [6, 6.07) is 12.1. The average Bonchev–Trinajstić information content (AvgIpc) is 2.67. The number of carbonyl (C=O) groups excluding carboxylic acids is 3. The van der Waals surface area contributed by atoms with Gasteiger partial charge in [0.05, 0.1) is 11.3 Å². The van der Waals surface area contributed by atoms with E-state index in [-0.39, 0.29) is 23.0 Å². The lowest BCUT2D eigenvalue weighted by molar-refractivity contribution is -0.128. The second-order valence-corrected chi connectivity index (χ2v) is 6.52. The van der Waals surface area contributed by atoms with Crippen LogP contribution >= 0.6 is 11.8 Å². The Morgan fingerprint density at radius 1 is 1.11 bits per heavy atom. The van der Waals surface area contributed by atoms with Crippen LogP contribution in [0.3, 0.4) is 0 Å². The molecular formula is C19H19FN2O4S. The van der Waals surface area contributed by atoms with E-state index in [1.807, 2.05) is 0 Å². The maximum Gasteiger partial charge on any atom is 0.340 e. The van der Waals surface area contributed by atoms with E-state index in [1.165, 1.54) is 38.2 Å². The maximum atomic E-state index is 12.9. The molecule has 0 saturated carbocycles. The molecule has 0 bridgehead atoms. The Kier molecular flexibility index (Phi) is 7.36. The van der Waals surface area contributed by atoms with Gasteiger partial charge in [-0.25, -0.2) is 9.18 Å². The molecule has 142 valence electrons. The Morgan fingerprint density at radius 2 is 1.78 bits per heavy atom. The van der Waals surface area contributed by atoms with Gasteiger partial charge in [0, 0.05) is 17.6 Å². The fraction of sp³-hybridized carbons (Fsp3) is 0.211. The van der Waals surface area contributed by atoms with Crippen molar-refractivity contribution in [3.63, 3.8) is 0 Å². The molecule has 2 aromatic carbocycles. The number of amides is 2. The summed E-state index contributed by atoms with van der Waals surface area (Å²) in [7, 11) is 1.45. The number of rotatable bonds is 7. The third-order valence-electron chi connectivity index (χ3n) is 3.49. The summed E-state index contributed by atoms with van der Waals surface area (Å²) in [6.07, 6.45) is -0.928. The Hall–Kier alpha value is -2.87. The fourth-order valence-corrected chi connectivity index (χ4v) is 2.96. The van der Waals surface area contributed by atoms with Crippen molar-refractivity contribution in [3.05, 3.63) is 59.9 Å². The van der Waals surface area contributed by atoms with Crippen LogP contribution in [-0.2, 0) is 14.3 Å². The van der Waals surface area contributed by atoms with Gasteiger partial charge in [0.25, 0.3) is 5.91 Å². The van der Waals surface area contributed by atoms with Crippen molar-refractivity contribution in [1.82, 2.24) is 5.32 Å². The van der Waals surface area contributed by atoms with Crippen LogP contribution in [0, 0.1) is 5.82 Å². The lowest BCUT2D eigenvalue weighted by atomic mass is 10.2. The summed E-state index contributed by atoms with van der Waals surface area (Å²) < 4.78 is 18.0. The number of thioether (sulfide) groups is 1. The molecule has 0 aromatic heterocycles. The minimum absolute atomic E-state index is 0.0483. The van der Waals surface area contributed by atoms with Crippen LogP contribution < -0.4 is 10.6 Å². The van der Waals surface area contributed by atoms with Gasteiger partial charge in [-0.05, 0) is 43.3 Å². The maximum absolute atomic E-state index is 12.9. The summed E-state index contributed by atoms with van der Waals surface area (Å²) in [5.41, 5.74) is 0.752. The first kappa shape index (κ1) is 20.4. The number of esters is 1. The Bertz CT molecular complexity index is 827. The number of hydrogen-bond donors (Lipinski definition) is 2. The molecule has 0 spiro atoms. The number of anilines is 1. The van der Waals surface area contributed by atoms with Crippen LogP contribution in [0.1, 0.15) is 17.3 Å². The molecule has 2 rings (SSSR count). The average molecular weight is 390 g/mol. The zero-order chi connectivity index (χ0) is 19.8. The zero-order valence-electron chi connectivity index (χ0n) is 14.8. The predicted octanol–water partition coefficient (Wildman–Crippen LogP) is 2.85. The molecule has 2 amide bonds.